The SMILES string of the molecule is CN1CCCCC1.COc1ccc(-c2cnc3cc(C=O)ccn23)cc1. The minimum Gasteiger partial charge on any atom is -0.497 e. The summed E-state index contributed by atoms with van der Waals surface area (Å²) in [6.07, 6.45) is 8.75. The number of hydrogen-bond donors (Lipinski definition) is 0. The molecule has 26 heavy (non-hydrogen) atoms. The first-order valence-electron chi connectivity index (χ1n) is 8.96. The predicted molar refractivity (Wildman–Crippen MR) is 104 cm³/mol. The first-order valence-corrected chi connectivity index (χ1v) is 8.96. The Balaban J connectivity index is 0.000000236. The van der Waals surface area contributed by atoms with Crippen molar-refractivity contribution in [1.29, 1.82) is 0 Å². The summed E-state index contributed by atoms with van der Waals surface area (Å²) < 4.78 is 7.10. The summed E-state index contributed by atoms with van der Waals surface area (Å²) in [5.41, 5.74) is 3.41. The summed E-state index contributed by atoms with van der Waals surface area (Å²) >= 11 is 0. The van der Waals surface area contributed by atoms with Crippen LogP contribution >= 0.6 is 0 Å². The maximum absolute atomic E-state index is 10.7. The van der Waals surface area contributed by atoms with Crippen LogP contribution in [-0.2, 0) is 0 Å². The van der Waals surface area contributed by atoms with Gasteiger partial charge in [-0.2, -0.15) is 0 Å². The van der Waals surface area contributed by atoms with Crippen molar-refractivity contribution in [3.63, 3.8) is 0 Å². The predicted octanol–water partition coefficient (Wildman–Crippen LogP) is 3.92. The third-order valence-electron chi connectivity index (χ3n) is 4.64. The molecule has 1 aliphatic heterocycles. The van der Waals surface area contributed by atoms with Gasteiger partial charge in [0.15, 0.2) is 0 Å². The van der Waals surface area contributed by atoms with Crippen LogP contribution in [0.1, 0.15) is 29.6 Å². The van der Waals surface area contributed by atoms with Crippen LogP contribution in [0.2, 0.25) is 0 Å². The number of aromatic nitrogens is 2. The van der Waals surface area contributed by atoms with Crippen molar-refractivity contribution >= 4 is 11.9 Å². The molecule has 2 aromatic heterocycles. The van der Waals surface area contributed by atoms with E-state index in [1.165, 1.54) is 32.4 Å². The standard InChI is InChI=1S/C15H12N2O2.C6H13N/c1-19-13-4-2-12(3-5-13)14-9-16-15-8-11(10-18)6-7-17(14)15;1-7-5-3-2-4-6-7/h2-10H,1H3;2-6H2,1H3. The van der Waals surface area contributed by atoms with Crippen LogP contribution in [0.5, 0.6) is 5.75 Å². The second kappa shape index (κ2) is 8.63. The fourth-order valence-electron chi connectivity index (χ4n) is 3.10. The zero-order valence-electron chi connectivity index (χ0n) is 15.4. The van der Waals surface area contributed by atoms with Gasteiger partial charge in [-0.05, 0) is 69.4 Å². The number of aldehydes is 1. The summed E-state index contributed by atoms with van der Waals surface area (Å²) in [6, 6.07) is 11.3. The number of carbonyl (C=O) groups excluding carboxylic acids is 1. The Morgan fingerprint density at radius 1 is 1.08 bits per heavy atom. The molecule has 1 fully saturated rings. The topological polar surface area (TPSA) is 46.8 Å². The molecule has 0 unspecified atom stereocenters. The Hall–Kier alpha value is -2.66. The highest BCUT2D eigenvalue weighted by Crippen LogP contribution is 2.23. The van der Waals surface area contributed by atoms with E-state index in [0.29, 0.717) is 5.56 Å². The van der Waals surface area contributed by atoms with E-state index in [1.54, 1.807) is 25.4 Å². The Labute approximate surface area is 154 Å². The lowest BCUT2D eigenvalue weighted by Crippen LogP contribution is -2.24. The van der Waals surface area contributed by atoms with E-state index in [2.05, 4.69) is 16.9 Å². The molecule has 0 radical (unpaired) electrons. The molecule has 1 aliphatic rings. The van der Waals surface area contributed by atoms with Crippen LogP contribution in [0, 0.1) is 0 Å². The Kier molecular flexibility index (Phi) is 6.02. The van der Waals surface area contributed by atoms with Crippen LogP contribution < -0.4 is 4.74 Å². The summed E-state index contributed by atoms with van der Waals surface area (Å²) in [5.74, 6) is 0.820. The first-order chi connectivity index (χ1) is 12.7. The van der Waals surface area contributed by atoms with Gasteiger partial charge >= 0.3 is 0 Å². The van der Waals surface area contributed by atoms with Gasteiger partial charge in [0, 0.05) is 17.3 Å². The van der Waals surface area contributed by atoms with Crippen LogP contribution in [-0.4, -0.2) is 47.8 Å². The highest BCUT2D eigenvalue weighted by atomic mass is 16.5. The number of likely N-dealkylation sites (tertiary alicyclic amines) is 1. The van der Waals surface area contributed by atoms with Crippen molar-refractivity contribution in [3.8, 4) is 17.0 Å². The van der Waals surface area contributed by atoms with Gasteiger partial charge in [0.25, 0.3) is 0 Å². The molecule has 0 N–H and O–H groups in total. The molecule has 0 atom stereocenters. The Morgan fingerprint density at radius 3 is 2.38 bits per heavy atom. The largest absolute Gasteiger partial charge is 0.497 e. The molecule has 136 valence electrons. The van der Waals surface area contributed by atoms with E-state index < -0.39 is 0 Å². The molecule has 0 saturated carbocycles. The number of imidazole rings is 1. The van der Waals surface area contributed by atoms with Crippen molar-refractivity contribution in [2.75, 3.05) is 27.2 Å². The lowest BCUT2D eigenvalue weighted by atomic mass is 10.1. The Bertz CT molecular complexity index is 849. The van der Waals surface area contributed by atoms with Gasteiger partial charge in [-0.15, -0.1) is 0 Å². The number of hydrogen-bond acceptors (Lipinski definition) is 4. The fourth-order valence-corrected chi connectivity index (χ4v) is 3.10. The van der Waals surface area contributed by atoms with Crippen molar-refractivity contribution in [2.24, 2.45) is 0 Å². The van der Waals surface area contributed by atoms with Gasteiger partial charge in [0.2, 0.25) is 0 Å². The maximum Gasteiger partial charge on any atom is 0.150 e. The van der Waals surface area contributed by atoms with E-state index in [9.17, 15) is 4.79 Å². The number of carbonyl (C=O) groups is 1. The smallest absolute Gasteiger partial charge is 0.150 e. The number of nitrogens with zero attached hydrogens (tertiary/aromatic N) is 3. The number of benzene rings is 1. The Morgan fingerprint density at radius 2 is 1.81 bits per heavy atom. The van der Waals surface area contributed by atoms with E-state index in [1.807, 2.05) is 34.9 Å². The number of rotatable bonds is 3. The van der Waals surface area contributed by atoms with Crippen molar-refractivity contribution in [1.82, 2.24) is 14.3 Å². The van der Waals surface area contributed by atoms with E-state index >= 15 is 0 Å². The number of methoxy groups -OCH3 is 1. The number of pyridine rings is 1. The summed E-state index contributed by atoms with van der Waals surface area (Å²) in [4.78, 5) is 17.5. The van der Waals surface area contributed by atoms with Crippen LogP contribution in [0.15, 0.2) is 48.8 Å². The summed E-state index contributed by atoms with van der Waals surface area (Å²) in [7, 11) is 3.84. The number of piperidine rings is 1. The molecule has 1 saturated heterocycles. The molecule has 0 aliphatic carbocycles. The molecule has 5 heteroatoms. The van der Waals surface area contributed by atoms with E-state index in [-0.39, 0.29) is 0 Å². The molecule has 1 aromatic carbocycles. The lowest BCUT2D eigenvalue weighted by Gasteiger charge is -2.20. The zero-order chi connectivity index (χ0) is 18.4. The minimum absolute atomic E-state index is 0.624. The van der Waals surface area contributed by atoms with E-state index in [4.69, 9.17) is 4.74 Å². The lowest BCUT2D eigenvalue weighted by molar-refractivity contribution is 0.112. The van der Waals surface area contributed by atoms with Gasteiger partial charge in [0.1, 0.15) is 17.7 Å². The van der Waals surface area contributed by atoms with Gasteiger partial charge in [-0.3, -0.25) is 9.20 Å². The maximum atomic E-state index is 10.7. The molecule has 0 spiro atoms. The summed E-state index contributed by atoms with van der Waals surface area (Å²) in [6.45, 7) is 2.64. The van der Waals surface area contributed by atoms with Crippen molar-refractivity contribution in [3.05, 3.63) is 54.4 Å². The second-order valence-corrected chi connectivity index (χ2v) is 6.54. The van der Waals surface area contributed by atoms with E-state index in [0.717, 1.165) is 28.9 Å². The summed E-state index contributed by atoms with van der Waals surface area (Å²) in [5, 5.41) is 0. The molecule has 3 heterocycles. The monoisotopic (exact) mass is 351 g/mol. The van der Waals surface area contributed by atoms with Gasteiger partial charge in [-0.25, -0.2) is 4.98 Å². The van der Waals surface area contributed by atoms with Crippen LogP contribution in [0.3, 0.4) is 0 Å². The van der Waals surface area contributed by atoms with Crippen LogP contribution in [0.4, 0.5) is 0 Å². The number of fused-ring (bicyclic) bond motifs is 1. The van der Waals surface area contributed by atoms with Crippen molar-refractivity contribution < 1.29 is 9.53 Å². The molecule has 5 nitrogen and oxygen atoms in total. The number of ether oxygens (including phenoxy) is 1. The zero-order valence-corrected chi connectivity index (χ0v) is 15.4. The third-order valence-corrected chi connectivity index (χ3v) is 4.64. The third kappa shape index (κ3) is 4.29. The van der Waals surface area contributed by atoms with Gasteiger partial charge < -0.3 is 9.64 Å². The average Bonchev–Trinajstić information content (AvgIpc) is 3.12. The molecular formula is C21H25N3O2. The van der Waals surface area contributed by atoms with Gasteiger partial charge in [0.05, 0.1) is 19.0 Å². The second-order valence-electron chi connectivity index (χ2n) is 6.54. The normalized spacial score (nSPS) is 14.5. The minimum atomic E-state index is 0.624. The molecule has 0 bridgehead atoms. The highest BCUT2D eigenvalue weighted by Gasteiger charge is 2.06. The molecule has 0 amide bonds. The first kappa shape index (κ1) is 18.1. The molecule has 3 aromatic rings. The highest BCUT2D eigenvalue weighted by molar-refractivity contribution is 5.77. The molecule has 4 rings (SSSR count). The average molecular weight is 351 g/mol. The quantitative estimate of drug-likeness (QED) is 0.671. The fraction of sp³-hybridized carbons (Fsp3) is 0.333. The van der Waals surface area contributed by atoms with Gasteiger partial charge in [-0.1, -0.05) is 6.42 Å². The van der Waals surface area contributed by atoms with Crippen LogP contribution in [0.25, 0.3) is 16.9 Å². The molecular weight excluding hydrogens is 326 g/mol. The van der Waals surface area contributed by atoms with Crippen molar-refractivity contribution in [2.45, 2.75) is 19.3 Å².